The van der Waals surface area contributed by atoms with Gasteiger partial charge in [0.25, 0.3) is 5.91 Å². The maximum atomic E-state index is 12.1. The van der Waals surface area contributed by atoms with E-state index in [1.165, 1.54) is 24.4 Å². The van der Waals surface area contributed by atoms with Gasteiger partial charge in [-0.25, -0.2) is 9.78 Å². The van der Waals surface area contributed by atoms with Gasteiger partial charge < -0.3 is 10.4 Å². The van der Waals surface area contributed by atoms with Gasteiger partial charge in [-0.3, -0.25) is 4.79 Å². The Kier molecular flexibility index (Phi) is 4.36. The number of benzene rings is 1. The minimum atomic E-state index is -1.08. The van der Waals surface area contributed by atoms with Crippen LogP contribution in [0.25, 0.3) is 0 Å². The van der Waals surface area contributed by atoms with Crippen molar-refractivity contribution in [1.82, 2.24) is 4.98 Å². The van der Waals surface area contributed by atoms with Gasteiger partial charge in [-0.2, -0.15) is 0 Å². The Labute approximate surface area is 127 Å². The fourth-order valence-corrected chi connectivity index (χ4v) is 2.05. The highest BCUT2D eigenvalue weighted by molar-refractivity contribution is 9.10. The minimum absolute atomic E-state index is 0.0702. The Hall–Kier alpha value is -1.92. The minimum Gasteiger partial charge on any atom is -0.478 e. The van der Waals surface area contributed by atoms with Crippen LogP contribution in [-0.2, 0) is 0 Å². The molecule has 0 spiro atoms. The van der Waals surface area contributed by atoms with Crippen molar-refractivity contribution < 1.29 is 14.7 Å². The van der Waals surface area contributed by atoms with Gasteiger partial charge in [0.05, 0.1) is 16.8 Å². The Balaban J connectivity index is 2.30. The van der Waals surface area contributed by atoms with E-state index in [1.54, 1.807) is 12.1 Å². The van der Waals surface area contributed by atoms with Crippen LogP contribution in [0.5, 0.6) is 0 Å². The van der Waals surface area contributed by atoms with E-state index in [4.69, 9.17) is 16.7 Å². The van der Waals surface area contributed by atoms with E-state index < -0.39 is 11.9 Å². The lowest BCUT2D eigenvalue weighted by atomic mass is 10.2. The van der Waals surface area contributed by atoms with Crippen molar-refractivity contribution in [2.75, 3.05) is 5.32 Å². The zero-order valence-electron chi connectivity index (χ0n) is 9.93. The molecule has 1 aromatic heterocycles. The Morgan fingerprint density at radius 1 is 1.30 bits per heavy atom. The van der Waals surface area contributed by atoms with E-state index in [1.807, 2.05) is 0 Å². The third-order valence-corrected chi connectivity index (χ3v) is 3.46. The Morgan fingerprint density at radius 3 is 2.70 bits per heavy atom. The molecule has 1 aromatic carbocycles. The maximum absolute atomic E-state index is 12.1. The molecule has 0 unspecified atom stereocenters. The number of aromatic carboxylic acids is 1. The summed E-state index contributed by atoms with van der Waals surface area (Å²) < 4.78 is 0.566. The summed E-state index contributed by atoms with van der Waals surface area (Å²) in [5.41, 5.74) is 0.623. The summed E-state index contributed by atoms with van der Waals surface area (Å²) >= 11 is 9.07. The SMILES string of the molecule is O=C(O)c1ccc(Br)c(NC(=O)c2cccnc2Cl)c1. The number of aromatic nitrogens is 1. The van der Waals surface area contributed by atoms with Crippen LogP contribution in [0.3, 0.4) is 0 Å². The van der Waals surface area contributed by atoms with E-state index in [0.29, 0.717) is 10.2 Å². The van der Waals surface area contributed by atoms with Crippen LogP contribution >= 0.6 is 27.5 Å². The number of anilines is 1. The fraction of sp³-hybridized carbons (Fsp3) is 0. The molecule has 2 aromatic rings. The lowest BCUT2D eigenvalue weighted by molar-refractivity contribution is 0.0696. The number of halogens is 2. The van der Waals surface area contributed by atoms with Crippen LogP contribution in [0.15, 0.2) is 41.0 Å². The first-order valence-electron chi connectivity index (χ1n) is 5.44. The van der Waals surface area contributed by atoms with Gasteiger partial charge in [-0.15, -0.1) is 0 Å². The summed E-state index contributed by atoms with van der Waals surface area (Å²) in [6, 6.07) is 7.45. The average molecular weight is 356 g/mol. The zero-order chi connectivity index (χ0) is 14.7. The van der Waals surface area contributed by atoms with Gasteiger partial charge >= 0.3 is 5.97 Å². The third kappa shape index (κ3) is 3.15. The molecule has 0 aliphatic carbocycles. The molecule has 0 bridgehead atoms. The molecule has 7 heteroatoms. The first-order valence-corrected chi connectivity index (χ1v) is 6.61. The van der Waals surface area contributed by atoms with Gasteiger partial charge in [0, 0.05) is 10.7 Å². The predicted octanol–water partition coefficient (Wildman–Crippen LogP) is 3.45. The predicted molar refractivity (Wildman–Crippen MR) is 78.3 cm³/mol. The summed E-state index contributed by atoms with van der Waals surface area (Å²) in [5, 5.41) is 11.6. The molecule has 20 heavy (non-hydrogen) atoms. The second-order valence-electron chi connectivity index (χ2n) is 3.80. The molecule has 0 atom stereocenters. The smallest absolute Gasteiger partial charge is 0.335 e. The summed E-state index contributed by atoms with van der Waals surface area (Å²) in [7, 11) is 0. The van der Waals surface area contributed by atoms with E-state index in [-0.39, 0.29) is 16.3 Å². The number of carbonyl (C=O) groups excluding carboxylic acids is 1. The number of nitrogens with zero attached hydrogens (tertiary/aromatic N) is 1. The second kappa shape index (κ2) is 6.02. The van der Waals surface area contributed by atoms with Gasteiger partial charge in [0.2, 0.25) is 0 Å². The van der Waals surface area contributed by atoms with Gasteiger partial charge in [-0.05, 0) is 46.3 Å². The number of hydrogen-bond donors (Lipinski definition) is 2. The van der Waals surface area contributed by atoms with Crippen LogP contribution in [-0.4, -0.2) is 22.0 Å². The number of pyridine rings is 1. The molecule has 1 amide bonds. The number of carboxylic acids is 1. The molecular weight excluding hydrogens is 348 g/mol. The molecule has 0 aliphatic rings. The molecule has 102 valence electrons. The average Bonchev–Trinajstić information content (AvgIpc) is 2.41. The molecule has 0 aliphatic heterocycles. The number of nitrogens with one attached hydrogen (secondary N) is 1. The zero-order valence-corrected chi connectivity index (χ0v) is 12.3. The normalized spacial score (nSPS) is 10.1. The molecular formula is C13H8BrClN2O3. The van der Waals surface area contributed by atoms with Crippen molar-refractivity contribution in [3.63, 3.8) is 0 Å². The molecule has 5 nitrogen and oxygen atoms in total. The molecule has 1 heterocycles. The van der Waals surface area contributed by atoms with E-state index >= 15 is 0 Å². The monoisotopic (exact) mass is 354 g/mol. The van der Waals surface area contributed by atoms with Crippen LogP contribution in [0, 0.1) is 0 Å². The number of hydrogen-bond acceptors (Lipinski definition) is 3. The highest BCUT2D eigenvalue weighted by Crippen LogP contribution is 2.25. The number of carbonyl (C=O) groups is 2. The highest BCUT2D eigenvalue weighted by atomic mass is 79.9. The van der Waals surface area contributed by atoms with Crippen molar-refractivity contribution in [1.29, 1.82) is 0 Å². The van der Waals surface area contributed by atoms with Crippen LogP contribution in [0.4, 0.5) is 5.69 Å². The summed E-state index contributed by atoms with van der Waals surface area (Å²) in [4.78, 5) is 26.8. The van der Waals surface area contributed by atoms with E-state index in [2.05, 4.69) is 26.2 Å². The van der Waals surface area contributed by atoms with Crippen LogP contribution < -0.4 is 5.32 Å². The van der Waals surface area contributed by atoms with Gasteiger partial charge in [-0.1, -0.05) is 11.6 Å². The van der Waals surface area contributed by atoms with Crippen molar-refractivity contribution in [3.8, 4) is 0 Å². The molecule has 0 fully saturated rings. The number of amides is 1. The standard InChI is InChI=1S/C13H8BrClN2O3/c14-9-4-3-7(13(19)20)6-10(9)17-12(18)8-2-1-5-16-11(8)15/h1-6H,(H,17,18)(H,19,20). The Bertz CT molecular complexity index is 691. The van der Waals surface area contributed by atoms with Crippen molar-refractivity contribution in [2.45, 2.75) is 0 Å². The number of rotatable bonds is 3. The first kappa shape index (κ1) is 14.5. The highest BCUT2D eigenvalue weighted by Gasteiger charge is 2.14. The molecule has 0 saturated heterocycles. The third-order valence-electron chi connectivity index (χ3n) is 2.47. The molecule has 0 radical (unpaired) electrons. The molecule has 0 saturated carbocycles. The van der Waals surface area contributed by atoms with Gasteiger partial charge in [0.1, 0.15) is 5.15 Å². The Morgan fingerprint density at radius 2 is 2.05 bits per heavy atom. The first-order chi connectivity index (χ1) is 9.49. The number of carboxylic acid groups (broad SMARTS) is 1. The molecule has 2 N–H and O–H groups in total. The molecule has 2 rings (SSSR count). The van der Waals surface area contributed by atoms with Crippen molar-refractivity contribution in [3.05, 3.63) is 57.3 Å². The fourth-order valence-electron chi connectivity index (χ4n) is 1.50. The van der Waals surface area contributed by atoms with E-state index in [0.717, 1.165) is 0 Å². The van der Waals surface area contributed by atoms with Crippen molar-refractivity contribution in [2.24, 2.45) is 0 Å². The quantitative estimate of drug-likeness (QED) is 0.827. The summed E-state index contributed by atoms with van der Waals surface area (Å²) in [6.07, 6.45) is 1.47. The van der Waals surface area contributed by atoms with Crippen molar-refractivity contribution >= 4 is 45.1 Å². The largest absolute Gasteiger partial charge is 0.478 e. The van der Waals surface area contributed by atoms with E-state index in [9.17, 15) is 9.59 Å². The maximum Gasteiger partial charge on any atom is 0.335 e. The topological polar surface area (TPSA) is 79.3 Å². The second-order valence-corrected chi connectivity index (χ2v) is 5.01. The summed E-state index contributed by atoms with van der Waals surface area (Å²) in [5.74, 6) is -1.54. The lowest BCUT2D eigenvalue weighted by Gasteiger charge is -2.09. The van der Waals surface area contributed by atoms with Gasteiger partial charge in [0.15, 0.2) is 0 Å². The van der Waals surface area contributed by atoms with Crippen LogP contribution in [0.2, 0.25) is 5.15 Å². The lowest BCUT2D eigenvalue weighted by Crippen LogP contribution is -2.13. The summed E-state index contributed by atoms with van der Waals surface area (Å²) in [6.45, 7) is 0. The van der Waals surface area contributed by atoms with Crippen LogP contribution in [0.1, 0.15) is 20.7 Å².